The number of methoxy groups -OCH3 is 1. The Hall–Kier alpha value is -2.70. The molecule has 1 saturated heterocycles. The maximum absolute atomic E-state index is 14.0. The summed E-state index contributed by atoms with van der Waals surface area (Å²) in [6.07, 6.45) is -5.75. The number of alkyl halides is 3. The van der Waals surface area contributed by atoms with Gasteiger partial charge in [-0.1, -0.05) is 42.5 Å². The predicted octanol–water partition coefficient (Wildman–Crippen LogP) is 4.67. The van der Waals surface area contributed by atoms with Gasteiger partial charge in [0, 0.05) is 5.56 Å². The normalized spacial score (nSPS) is 21.4. The summed E-state index contributed by atoms with van der Waals surface area (Å²) in [5.74, 6) is 0.421. The van der Waals surface area contributed by atoms with Gasteiger partial charge in [0.15, 0.2) is 0 Å². The molecule has 138 valence electrons. The molecule has 0 aliphatic carbocycles. The third-order valence-electron chi connectivity index (χ3n) is 4.65. The van der Waals surface area contributed by atoms with E-state index in [2.05, 4.69) is 0 Å². The Balaban J connectivity index is 1.98. The average Bonchev–Trinajstić information content (AvgIpc) is 3.00. The zero-order valence-electron chi connectivity index (χ0n) is 14.3. The van der Waals surface area contributed by atoms with Crippen LogP contribution in [0.3, 0.4) is 0 Å². The molecule has 1 heterocycles. The monoisotopic (exact) mass is 365 g/mol. The van der Waals surface area contributed by atoms with Crippen LogP contribution in [0.5, 0.6) is 5.75 Å². The van der Waals surface area contributed by atoms with Crippen LogP contribution in [0.2, 0.25) is 0 Å². The van der Waals surface area contributed by atoms with E-state index in [9.17, 15) is 18.0 Å². The lowest BCUT2D eigenvalue weighted by atomic mass is 9.92. The molecule has 2 aromatic rings. The fourth-order valence-corrected chi connectivity index (χ4v) is 3.07. The molecule has 0 aromatic heterocycles. The number of carbonyl (C=O) groups excluding carboxylic acids is 1. The number of rotatable bonds is 4. The second-order valence-corrected chi connectivity index (χ2v) is 6.14. The van der Waals surface area contributed by atoms with E-state index in [1.54, 1.807) is 37.3 Å². The number of cyclic esters (lactones) is 1. The maximum atomic E-state index is 14.0. The van der Waals surface area contributed by atoms with Crippen LogP contribution in [0, 0.1) is 0 Å². The van der Waals surface area contributed by atoms with E-state index in [-0.39, 0.29) is 5.56 Å². The maximum Gasteiger partial charge on any atom is 0.434 e. The lowest BCUT2D eigenvalue weighted by molar-refractivity contribution is -0.251. The first-order chi connectivity index (χ1) is 12.3. The first-order valence-electron chi connectivity index (χ1n) is 8.04. The minimum absolute atomic E-state index is 0.137. The Bertz CT molecular complexity index is 777. The van der Waals surface area contributed by atoms with Crippen molar-refractivity contribution in [2.75, 3.05) is 13.7 Å². The Kier molecular flexibility index (Phi) is 4.56. The Morgan fingerprint density at radius 1 is 1.12 bits per heavy atom. The first kappa shape index (κ1) is 18.1. The highest BCUT2D eigenvalue weighted by Gasteiger charge is 2.65. The van der Waals surface area contributed by atoms with E-state index in [1.165, 1.54) is 31.4 Å². The van der Waals surface area contributed by atoms with Gasteiger partial charge in [-0.25, -0.2) is 4.79 Å². The topological polar surface area (TPSA) is 38.8 Å². The summed E-state index contributed by atoms with van der Waals surface area (Å²) >= 11 is 0. The molecule has 1 aliphatic rings. The van der Waals surface area contributed by atoms with Gasteiger partial charge in [-0.2, -0.15) is 13.2 Å². The number of benzene rings is 2. The van der Waals surface area contributed by atoms with E-state index in [0.29, 0.717) is 5.75 Å². The third-order valence-corrected chi connectivity index (χ3v) is 4.65. The molecule has 0 radical (unpaired) electrons. The molecular weight excluding hydrogens is 347 g/mol. The van der Waals surface area contributed by atoms with Gasteiger partial charge >= 0.3 is 12.3 Å². The van der Waals surface area contributed by atoms with Crippen molar-refractivity contribution in [1.29, 1.82) is 0 Å². The van der Waals surface area contributed by atoms with Crippen LogP contribution >= 0.6 is 0 Å². The second-order valence-electron chi connectivity index (χ2n) is 6.14. The predicted molar refractivity (Wildman–Crippen MR) is 88.8 cm³/mol. The van der Waals surface area contributed by atoms with E-state index in [1.807, 2.05) is 0 Å². The number of hydrogen-bond acceptors (Lipinski definition) is 3. The van der Waals surface area contributed by atoms with Crippen LogP contribution in [-0.2, 0) is 10.3 Å². The summed E-state index contributed by atoms with van der Waals surface area (Å²) in [5.41, 5.74) is -2.11. The van der Waals surface area contributed by atoms with Gasteiger partial charge in [-0.05, 0) is 24.6 Å². The molecule has 1 fully saturated rings. The van der Waals surface area contributed by atoms with Crippen LogP contribution < -0.4 is 4.74 Å². The molecule has 0 bridgehead atoms. The van der Waals surface area contributed by atoms with Crippen LogP contribution in [0.4, 0.5) is 18.0 Å². The molecule has 0 saturated carbocycles. The van der Waals surface area contributed by atoms with Crippen LogP contribution in [0.1, 0.15) is 24.1 Å². The molecule has 7 heteroatoms. The van der Waals surface area contributed by atoms with E-state index in [4.69, 9.17) is 9.47 Å². The molecule has 1 aliphatic heterocycles. The van der Waals surface area contributed by atoms with Gasteiger partial charge in [0.1, 0.15) is 5.75 Å². The summed E-state index contributed by atoms with van der Waals surface area (Å²) in [6, 6.07) is 13.7. The highest BCUT2D eigenvalue weighted by Crippen LogP contribution is 2.48. The molecule has 3 rings (SSSR count). The van der Waals surface area contributed by atoms with Crippen LogP contribution in [0.15, 0.2) is 54.6 Å². The van der Waals surface area contributed by atoms with Crippen molar-refractivity contribution in [2.45, 2.75) is 24.7 Å². The Morgan fingerprint density at radius 2 is 1.73 bits per heavy atom. The SMILES string of the molecule is COc1ccc(C2(C(F)(F)F)CN([C@@H](C)c3ccccc3)C(=O)O2)cc1. The van der Waals surface area contributed by atoms with Crippen LogP contribution in [0.25, 0.3) is 0 Å². The van der Waals surface area contributed by atoms with Crippen molar-refractivity contribution in [3.63, 3.8) is 0 Å². The van der Waals surface area contributed by atoms with Crippen LogP contribution in [-0.4, -0.2) is 30.8 Å². The largest absolute Gasteiger partial charge is 0.497 e. The van der Waals surface area contributed by atoms with Gasteiger partial charge < -0.3 is 9.47 Å². The second kappa shape index (κ2) is 6.55. The Morgan fingerprint density at radius 3 is 2.27 bits per heavy atom. The number of nitrogens with zero attached hydrogens (tertiary/aromatic N) is 1. The zero-order chi connectivity index (χ0) is 18.9. The lowest BCUT2D eigenvalue weighted by Gasteiger charge is -2.30. The van der Waals surface area contributed by atoms with Crippen molar-refractivity contribution in [1.82, 2.24) is 4.90 Å². The van der Waals surface area contributed by atoms with Gasteiger partial charge in [0.2, 0.25) is 0 Å². The number of hydrogen-bond donors (Lipinski definition) is 0. The molecule has 26 heavy (non-hydrogen) atoms. The van der Waals surface area contributed by atoms with Gasteiger partial charge in [0.05, 0.1) is 19.7 Å². The van der Waals surface area contributed by atoms with Crippen molar-refractivity contribution in [2.24, 2.45) is 0 Å². The summed E-state index contributed by atoms with van der Waals surface area (Å²) in [6.45, 7) is 1.06. The highest BCUT2D eigenvalue weighted by molar-refractivity contribution is 5.72. The minimum Gasteiger partial charge on any atom is -0.497 e. The Labute approximate surface area is 149 Å². The molecule has 1 amide bonds. The number of amides is 1. The van der Waals surface area contributed by atoms with E-state index in [0.717, 1.165) is 10.5 Å². The summed E-state index contributed by atoms with van der Waals surface area (Å²) in [4.78, 5) is 13.4. The summed E-state index contributed by atoms with van der Waals surface area (Å²) in [7, 11) is 1.42. The molecule has 1 unspecified atom stereocenters. The first-order valence-corrected chi connectivity index (χ1v) is 8.04. The molecule has 0 N–H and O–H groups in total. The molecule has 0 spiro atoms. The highest BCUT2D eigenvalue weighted by atomic mass is 19.4. The number of halogens is 3. The molecule has 2 atom stereocenters. The molecule has 2 aromatic carbocycles. The van der Waals surface area contributed by atoms with Gasteiger partial charge in [-0.15, -0.1) is 0 Å². The van der Waals surface area contributed by atoms with Gasteiger partial charge in [-0.3, -0.25) is 4.90 Å². The third kappa shape index (κ3) is 2.98. The zero-order valence-corrected chi connectivity index (χ0v) is 14.3. The fraction of sp³-hybridized carbons (Fsp3) is 0.316. The number of ether oxygens (including phenoxy) is 2. The molecule has 4 nitrogen and oxygen atoms in total. The van der Waals surface area contributed by atoms with Crippen molar-refractivity contribution >= 4 is 6.09 Å². The molecular formula is C19H18F3NO3. The fourth-order valence-electron chi connectivity index (χ4n) is 3.07. The quantitative estimate of drug-likeness (QED) is 0.791. The van der Waals surface area contributed by atoms with E-state index >= 15 is 0 Å². The van der Waals surface area contributed by atoms with E-state index < -0.39 is 30.5 Å². The van der Waals surface area contributed by atoms with Crippen molar-refractivity contribution in [3.05, 3.63) is 65.7 Å². The minimum atomic E-state index is -4.76. The number of carbonyl (C=O) groups is 1. The van der Waals surface area contributed by atoms with Crippen molar-refractivity contribution in [3.8, 4) is 5.75 Å². The summed E-state index contributed by atoms with van der Waals surface area (Å²) in [5, 5.41) is 0. The lowest BCUT2D eigenvalue weighted by Crippen LogP contribution is -2.46. The van der Waals surface area contributed by atoms with Crippen molar-refractivity contribution < 1.29 is 27.4 Å². The smallest absolute Gasteiger partial charge is 0.434 e. The average molecular weight is 365 g/mol. The summed E-state index contributed by atoms with van der Waals surface area (Å²) < 4.78 is 51.8. The standard InChI is InChI=1S/C19H18F3NO3/c1-13(14-6-4-3-5-7-14)23-12-18(19(20,21)22,26-17(23)24)15-8-10-16(25-2)11-9-15/h3-11,13H,12H2,1-2H3/t13-,18?/m0/s1. The van der Waals surface area contributed by atoms with Gasteiger partial charge in [0.25, 0.3) is 5.60 Å².